The maximum absolute atomic E-state index is 12.9. The Morgan fingerprint density at radius 2 is 2.22 bits per heavy atom. The first-order valence-corrected chi connectivity index (χ1v) is 9.23. The Labute approximate surface area is 138 Å². The largest absolute Gasteiger partial charge is 0.337 e. The number of nitrogens with zero attached hydrogens (tertiary/aromatic N) is 3. The molecule has 1 saturated carbocycles. The molecule has 5 nitrogen and oxygen atoms in total. The second kappa shape index (κ2) is 5.93. The van der Waals surface area contributed by atoms with E-state index in [0.29, 0.717) is 17.2 Å². The summed E-state index contributed by atoms with van der Waals surface area (Å²) in [4.78, 5) is 14.9. The number of likely N-dealkylation sites (tertiary alicyclic amines) is 1. The second-order valence-electron chi connectivity index (χ2n) is 7.81. The third-order valence-electron chi connectivity index (χ3n) is 6.49. The molecule has 1 aliphatic carbocycles. The Bertz CT molecular complexity index is 571. The van der Waals surface area contributed by atoms with Crippen LogP contribution < -0.4 is 5.32 Å². The van der Waals surface area contributed by atoms with Crippen molar-refractivity contribution < 1.29 is 4.79 Å². The van der Waals surface area contributed by atoms with Gasteiger partial charge in [0.05, 0.1) is 6.04 Å². The average Bonchev–Trinajstić information content (AvgIpc) is 3.04. The van der Waals surface area contributed by atoms with Gasteiger partial charge in [0.25, 0.3) is 5.91 Å². The molecule has 23 heavy (non-hydrogen) atoms. The van der Waals surface area contributed by atoms with E-state index in [1.165, 1.54) is 25.7 Å². The van der Waals surface area contributed by atoms with Crippen molar-refractivity contribution >= 4 is 5.91 Å². The van der Waals surface area contributed by atoms with Gasteiger partial charge in [0.2, 0.25) is 0 Å². The van der Waals surface area contributed by atoms with E-state index in [9.17, 15) is 4.79 Å². The monoisotopic (exact) mass is 316 g/mol. The van der Waals surface area contributed by atoms with Gasteiger partial charge in [-0.25, -0.2) is 0 Å². The maximum atomic E-state index is 12.9. The number of carbonyl (C=O) groups is 1. The lowest BCUT2D eigenvalue weighted by Crippen LogP contribution is -2.53. The summed E-state index contributed by atoms with van der Waals surface area (Å²) in [5.74, 6) is 0.886. The van der Waals surface area contributed by atoms with Crippen LogP contribution in [0.5, 0.6) is 0 Å². The molecule has 126 valence electrons. The molecule has 1 amide bonds. The third-order valence-corrected chi connectivity index (χ3v) is 6.49. The van der Waals surface area contributed by atoms with Gasteiger partial charge in [0, 0.05) is 25.8 Å². The first kappa shape index (κ1) is 15.2. The highest BCUT2D eigenvalue weighted by molar-refractivity contribution is 5.92. The van der Waals surface area contributed by atoms with Crippen LogP contribution in [0.1, 0.15) is 62.0 Å². The summed E-state index contributed by atoms with van der Waals surface area (Å²) in [6, 6.07) is 2.30. The predicted molar refractivity (Wildman–Crippen MR) is 89.3 cm³/mol. The molecule has 5 heteroatoms. The van der Waals surface area contributed by atoms with Gasteiger partial charge in [-0.15, -0.1) is 0 Å². The van der Waals surface area contributed by atoms with E-state index >= 15 is 0 Å². The van der Waals surface area contributed by atoms with Gasteiger partial charge in [-0.1, -0.05) is 13.3 Å². The van der Waals surface area contributed by atoms with Crippen molar-refractivity contribution in [2.24, 2.45) is 11.3 Å². The standard InChI is InChI=1S/C18H28N4O/c1-14-5-10-21(13-18(14)7-3-8-18)17(23)16-6-11-22(20-16)15-4-2-9-19-12-15/h6,11,14-15,19H,2-5,7-10,12-13H2,1H3. The molecule has 0 aromatic carbocycles. The molecule has 4 rings (SSSR count). The van der Waals surface area contributed by atoms with Crippen molar-refractivity contribution in [2.75, 3.05) is 26.2 Å². The molecule has 1 aromatic heterocycles. The van der Waals surface area contributed by atoms with Crippen molar-refractivity contribution in [1.29, 1.82) is 0 Å². The lowest BCUT2D eigenvalue weighted by molar-refractivity contribution is -0.0210. The van der Waals surface area contributed by atoms with Crippen LogP contribution in [-0.2, 0) is 0 Å². The molecule has 0 radical (unpaired) electrons. The molecule has 3 fully saturated rings. The lowest BCUT2D eigenvalue weighted by atomic mass is 9.59. The van der Waals surface area contributed by atoms with Crippen molar-refractivity contribution in [3.63, 3.8) is 0 Å². The number of rotatable bonds is 2. The molecule has 0 bridgehead atoms. The highest BCUT2D eigenvalue weighted by atomic mass is 16.2. The molecule has 1 aromatic rings. The Balaban J connectivity index is 1.45. The highest BCUT2D eigenvalue weighted by Gasteiger charge is 2.46. The zero-order valence-corrected chi connectivity index (χ0v) is 14.1. The molecule has 2 unspecified atom stereocenters. The van der Waals surface area contributed by atoms with Crippen LogP contribution in [0.15, 0.2) is 12.3 Å². The van der Waals surface area contributed by atoms with Crippen LogP contribution in [0.25, 0.3) is 0 Å². The molecule has 1 spiro atoms. The summed E-state index contributed by atoms with van der Waals surface area (Å²) in [5.41, 5.74) is 1.03. The number of nitrogens with one attached hydrogen (secondary N) is 1. The smallest absolute Gasteiger partial charge is 0.274 e. The fourth-order valence-corrected chi connectivity index (χ4v) is 4.60. The molecule has 3 aliphatic rings. The summed E-state index contributed by atoms with van der Waals surface area (Å²) in [6.45, 7) is 6.24. The van der Waals surface area contributed by atoms with Crippen LogP contribution in [0, 0.1) is 11.3 Å². The van der Waals surface area contributed by atoms with Crippen LogP contribution in [0.3, 0.4) is 0 Å². The minimum atomic E-state index is 0.130. The van der Waals surface area contributed by atoms with Gasteiger partial charge in [-0.05, 0) is 56.0 Å². The summed E-state index contributed by atoms with van der Waals surface area (Å²) in [7, 11) is 0. The van der Waals surface area contributed by atoms with Crippen molar-refractivity contribution in [3.05, 3.63) is 18.0 Å². The zero-order valence-electron chi connectivity index (χ0n) is 14.1. The highest BCUT2D eigenvalue weighted by Crippen LogP contribution is 2.51. The maximum Gasteiger partial charge on any atom is 0.274 e. The molecule has 3 heterocycles. The number of hydrogen-bond acceptors (Lipinski definition) is 3. The third kappa shape index (κ3) is 2.69. The van der Waals surface area contributed by atoms with Gasteiger partial charge in [0.15, 0.2) is 0 Å². The van der Waals surface area contributed by atoms with Gasteiger partial charge < -0.3 is 10.2 Å². The van der Waals surface area contributed by atoms with Crippen LogP contribution in [0.2, 0.25) is 0 Å². The Kier molecular flexibility index (Phi) is 3.92. The molecule has 2 aliphatic heterocycles. The fraction of sp³-hybridized carbons (Fsp3) is 0.778. The summed E-state index contributed by atoms with van der Waals surface area (Å²) in [5, 5.41) is 8.01. The topological polar surface area (TPSA) is 50.2 Å². The van der Waals surface area contributed by atoms with E-state index in [1.807, 2.05) is 16.9 Å². The molecule has 1 N–H and O–H groups in total. The number of piperidine rings is 2. The van der Waals surface area contributed by atoms with E-state index < -0.39 is 0 Å². The minimum absolute atomic E-state index is 0.130. The Morgan fingerprint density at radius 3 is 2.91 bits per heavy atom. The van der Waals surface area contributed by atoms with Crippen molar-refractivity contribution in [1.82, 2.24) is 20.0 Å². The van der Waals surface area contributed by atoms with Gasteiger partial charge in [-0.3, -0.25) is 9.48 Å². The lowest BCUT2D eigenvalue weighted by Gasteiger charge is -2.53. The SMILES string of the molecule is CC1CCN(C(=O)c2ccn(C3CCCNC3)n2)CC12CCC2. The Morgan fingerprint density at radius 1 is 1.35 bits per heavy atom. The van der Waals surface area contributed by atoms with E-state index in [4.69, 9.17) is 0 Å². The fourth-order valence-electron chi connectivity index (χ4n) is 4.60. The summed E-state index contributed by atoms with van der Waals surface area (Å²) in [6.07, 6.45) is 9.36. The molecule has 2 atom stereocenters. The number of amides is 1. The molecular weight excluding hydrogens is 288 g/mol. The van der Waals surface area contributed by atoms with Crippen molar-refractivity contribution in [3.8, 4) is 0 Å². The normalized spacial score (nSPS) is 30.2. The zero-order chi connectivity index (χ0) is 15.9. The van der Waals surface area contributed by atoms with Crippen LogP contribution in [-0.4, -0.2) is 46.8 Å². The molecule has 2 saturated heterocycles. The number of carbonyl (C=O) groups excluding carboxylic acids is 1. The number of aromatic nitrogens is 2. The van der Waals surface area contributed by atoms with Crippen molar-refractivity contribution in [2.45, 2.75) is 51.5 Å². The summed E-state index contributed by atoms with van der Waals surface area (Å²) >= 11 is 0. The Hall–Kier alpha value is -1.36. The van der Waals surface area contributed by atoms with Crippen LogP contribution >= 0.6 is 0 Å². The van der Waals surface area contributed by atoms with Gasteiger partial charge in [-0.2, -0.15) is 5.10 Å². The van der Waals surface area contributed by atoms with E-state index in [-0.39, 0.29) is 5.91 Å². The predicted octanol–water partition coefficient (Wildman–Crippen LogP) is 2.46. The number of hydrogen-bond donors (Lipinski definition) is 1. The average molecular weight is 316 g/mol. The first-order chi connectivity index (χ1) is 11.2. The quantitative estimate of drug-likeness (QED) is 0.912. The van der Waals surface area contributed by atoms with E-state index in [2.05, 4.69) is 22.2 Å². The van der Waals surface area contributed by atoms with Crippen LogP contribution in [0.4, 0.5) is 0 Å². The van der Waals surface area contributed by atoms with E-state index in [1.54, 1.807) is 0 Å². The second-order valence-corrected chi connectivity index (χ2v) is 7.81. The minimum Gasteiger partial charge on any atom is -0.337 e. The van der Waals surface area contributed by atoms with Gasteiger partial charge in [0.1, 0.15) is 5.69 Å². The molecular formula is C18H28N4O. The first-order valence-electron chi connectivity index (χ1n) is 9.23. The van der Waals surface area contributed by atoms with E-state index in [0.717, 1.165) is 44.9 Å². The summed E-state index contributed by atoms with van der Waals surface area (Å²) < 4.78 is 1.99. The van der Waals surface area contributed by atoms with Gasteiger partial charge >= 0.3 is 0 Å².